The van der Waals surface area contributed by atoms with Gasteiger partial charge in [0.2, 0.25) is 5.75 Å². The van der Waals surface area contributed by atoms with Crippen LogP contribution in [0, 0.1) is 5.92 Å². The van der Waals surface area contributed by atoms with E-state index in [1.807, 2.05) is 0 Å². The van der Waals surface area contributed by atoms with Gasteiger partial charge in [-0.25, -0.2) is 0 Å². The fourth-order valence-corrected chi connectivity index (χ4v) is 3.28. The van der Waals surface area contributed by atoms with Crippen molar-refractivity contribution in [3.63, 3.8) is 0 Å². The van der Waals surface area contributed by atoms with Crippen LogP contribution in [-0.4, -0.2) is 33.4 Å². The summed E-state index contributed by atoms with van der Waals surface area (Å²) < 4.78 is 16.3. The first-order valence-corrected chi connectivity index (χ1v) is 7.60. The summed E-state index contributed by atoms with van der Waals surface area (Å²) in [5.41, 5.74) is 1.39. The number of nitrogens with one attached hydrogen (secondary N) is 1. The Kier molecular flexibility index (Phi) is 4.99. The molecular formula is C17H27NO3. The van der Waals surface area contributed by atoms with Crippen LogP contribution in [-0.2, 0) is 6.42 Å². The highest BCUT2D eigenvalue weighted by Crippen LogP contribution is 2.40. The molecule has 1 aliphatic heterocycles. The number of benzene rings is 1. The Labute approximate surface area is 127 Å². The highest BCUT2D eigenvalue weighted by atomic mass is 16.5. The van der Waals surface area contributed by atoms with E-state index >= 15 is 0 Å². The van der Waals surface area contributed by atoms with Crippen molar-refractivity contribution in [1.29, 1.82) is 0 Å². The van der Waals surface area contributed by atoms with E-state index in [0.717, 1.165) is 24.5 Å². The highest BCUT2D eigenvalue weighted by molar-refractivity contribution is 5.54. The van der Waals surface area contributed by atoms with E-state index in [4.69, 9.17) is 14.2 Å². The molecule has 4 nitrogen and oxygen atoms in total. The maximum absolute atomic E-state index is 5.45. The van der Waals surface area contributed by atoms with Crippen LogP contribution in [0.4, 0.5) is 0 Å². The van der Waals surface area contributed by atoms with Crippen molar-refractivity contribution in [2.75, 3.05) is 27.9 Å². The van der Waals surface area contributed by atoms with Crippen molar-refractivity contribution in [3.8, 4) is 17.2 Å². The molecule has 0 bridgehead atoms. The Bertz CT molecular complexity index is 454. The molecule has 4 heteroatoms. The number of hydrogen-bond donors (Lipinski definition) is 1. The molecule has 0 aliphatic carbocycles. The lowest BCUT2D eigenvalue weighted by Crippen LogP contribution is -2.46. The molecule has 0 saturated carbocycles. The summed E-state index contributed by atoms with van der Waals surface area (Å²) in [5, 5.41) is 3.71. The second-order valence-corrected chi connectivity index (χ2v) is 6.05. The van der Waals surface area contributed by atoms with Gasteiger partial charge in [-0.2, -0.15) is 0 Å². The average molecular weight is 293 g/mol. The molecule has 0 spiro atoms. The summed E-state index contributed by atoms with van der Waals surface area (Å²) >= 11 is 0. The summed E-state index contributed by atoms with van der Waals surface area (Å²) in [7, 11) is 4.95. The fourth-order valence-electron chi connectivity index (χ4n) is 3.28. The Morgan fingerprint density at radius 2 is 1.71 bits per heavy atom. The molecule has 1 aliphatic rings. The van der Waals surface area contributed by atoms with Crippen LogP contribution < -0.4 is 19.5 Å². The van der Waals surface area contributed by atoms with Crippen LogP contribution >= 0.6 is 0 Å². The Balaban J connectivity index is 2.35. The van der Waals surface area contributed by atoms with Crippen LogP contribution in [0.2, 0.25) is 0 Å². The number of ether oxygens (including phenoxy) is 3. The monoisotopic (exact) mass is 293 g/mol. The number of methoxy groups -OCH3 is 3. The van der Waals surface area contributed by atoms with Crippen molar-refractivity contribution >= 4 is 0 Å². The van der Waals surface area contributed by atoms with Gasteiger partial charge in [-0.1, -0.05) is 13.8 Å². The second kappa shape index (κ2) is 6.56. The Morgan fingerprint density at radius 3 is 2.10 bits per heavy atom. The smallest absolute Gasteiger partial charge is 0.203 e. The molecule has 1 aromatic rings. The topological polar surface area (TPSA) is 39.7 Å². The quantitative estimate of drug-likeness (QED) is 0.875. The Hall–Kier alpha value is -1.42. The van der Waals surface area contributed by atoms with Gasteiger partial charge in [0.15, 0.2) is 11.5 Å². The minimum Gasteiger partial charge on any atom is -0.493 e. The Morgan fingerprint density at radius 1 is 1.10 bits per heavy atom. The third kappa shape index (κ3) is 3.10. The normalized spacial score (nSPS) is 21.6. The third-order valence-corrected chi connectivity index (χ3v) is 4.63. The molecule has 1 unspecified atom stereocenters. The van der Waals surface area contributed by atoms with E-state index in [2.05, 4.69) is 31.3 Å². The molecule has 0 amide bonds. The zero-order chi connectivity index (χ0) is 15.5. The summed E-state index contributed by atoms with van der Waals surface area (Å²) in [6.07, 6.45) is 3.42. The van der Waals surface area contributed by atoms with Gasteiger partial charge < -0.3 is 19.5 Å². The second-order valence-electron chi connectivity index (χ2n) is 6.05. The molecule has 1 saturated heterocycles. The lowest BCUT2D eigenvalue weighted by atomic mass is 9.79. The average Bonchev–Trinajstić information content (AvgIpc) is 2.96. The maximum Gasteiger partial charge on any atom is 0.203 e. The first-order valence-electron chi connectivity index (χ1n) is 7.60. The molecule has 2 rings (SSSR count). The van der Waals surface area contributed by atoms with E-state index in [-0.39, 0.29) is 5.54 Å². The molecule has 1 heterocycles. The molecular weight excluding hydrogens is 266 g/mol. The predicted molar refractivity (Wildman–Crippen MR) is 84.6 cm³/mol. The largest absolute Gasteiger partial charge is 0.493 e. The van der Waals surface area contributed by atoms with Crippen molar-refractivity contribution < 1.29 is 14.2 Å². The van der Waals surface area contributed by atoms with Gasteiger partial charge >= 0.3 is 0 Å². The minimum atomic E-state index is 0.171. The van der Waals surface area contributed by atoms with Crippen LogP contribution in [0.15, 0.2) is 12.1 Å². The molecule has 1 aromatic carbocycles. The molecule has 1 atom stereocenters. The van der Waals surface area contributed by atoms with Gasteiger partial charge in [-0.05, 0) is 49.4 Å². The van der Waals surface area contributed by atoms with Gasteiger partial charge in [0, 0.05) is 5.54 Å². The van der Waals surface area contributed by atoms with Crippen molar-refractivity contribution in [1.82, 2.24) is 5.32 Å². The van der Waals surface area contributed by atoms with Gasteiger partial charge in [0.25, 0.3) is 0 Å². The summed E-state index contributed by atoms with van der Waals surface area (Å²) in [6.45, 7) is 5.68. The molecule has 118 valence electrons. The third-order valence-electron chi connectivity index (χ3n) is 4.63. The van der Waals surface area contributed by atoms with Crippen LogP contribution in [0.1, 0.15) is 32.3 Å². The van der Waals surface area contributed by atoms with Gasteiger partial charge in [-0.3, -0.25) is 0 Å². The summed E-state index contributed by atoms with van der Waals surface area (Å²) in [6, 6.07) is 4.12. The minimum absolute atomic E-state index is 0.171. The van der Waals surface area contributed by atoms with E-state index in [1.165, 1.54) is 18.4 Å². The lowest BCUT2D eigenvalue weighted by Gasteiger charge is -2.34. The summed E-state index contributed by atoms with van der Waals surface area (Å²) in [4.78, 5) is 0. The van der Waals surface area contributed by atoms with E-state index < -0.39 is 0 Å². The van der Waals surface area contributed by atoms with Crippen molar-refractivity contribution in [2.24, 2.45) is 5.92 Å². The molecule has 21 heavy (non-hydrogen) atoms. The molecule has 1 fully saturated rings. The number of rotatable bonds is 6. The zero-order valence-corrected chi connectivity index (χ0v) is 13.8. The summed E-state index contributed by atoms with van der Waals surface area (Å²) in [5.74, 6) is 2.69. The zero-order valence-electron chi connectivity index (χ0n) is 13.8. The fraction of sp³-hybridized carbons (Fsp3) is 0.647. The molecule has 0 radical (unpaired) electrons. The maximum atomic E-state index is 5.45. The standard InChI is InChI=1S/C17H27NO3/c1-12(2)17(7-6-8-18-17)11-13-9-14(19-3)16(21-5)15(10-13)20-4/h9-10,12,18H,6-8,11H2,1-5H3. The highest BCUT2D eigenvalue weighted by Gasteiger charge is 2.36. The van der Waals surface area contributed by atoms with E-state index in [0.29, 0.717) is 11.7 Å². The molecule has 0 aromatic heterocycles. The van der Waals surface area contributed by atoms with E-state index in [1.54, 1.807) is 21.3 Å². The van der Waals surface area contributed by atoms with Crippen LogP contribution in [0.3, 0.4) is 0 Å². The van der Waals surface area contributed by atoms with Crippen molar-refractivity contribution in [2.45, 2.75) is 38.6 Å². The predicted octanol–water partition coefficient (Wildman–Crippen LogP) is 3.03. The first-order chi connectivity index (χ1) is 10.1. The SMILES string of the molecule is COc1cc(CC2(C(C)C)CCCN2)cc(OC)c1OC. The number of hydrogen-bond acceptors (Lipinski definition) is 4. The first kappa shape index (κ1) is 16.0. The molecule has 1 N–H and O–H groups in total. The van der Waals surface area contributed by atoms with Crippen LogP contribution in [0.25, 0.3) is 0 Å². The van der Waals surface area contributed by atoms with Crippen LogP contribution in [0.5, 0.6) is 17.2 Å². The van der Waals surface area contributed by atoms with Gasteiger partial charge in [0.05, 0.1) is 21.3 Å². The van der Waals surface area contributed by atoms with E-state index in [9.17, 15) is 0 Å². The van der Waals surface area contributed by atoms with Gasteiger partial charge in [-0.15, -0.1) is 0 Å². The van der Waals surface area contributed by atoms with Gasteiger partial charge in [0.1, 0.15) is 0 Å². The van der Waals surface area contributed by atoms with Crippen molar-refractivity contribution in [3.05, 3.63) is 17.7 Å². The lowest BCUT2D eigenvalue weighted by molar-refractivity contribution is 0.268.